The quantitative estimate of drug-likeness (QED) is 0.0222. The molecule has 0 bridgehead atoms. The number of aliphatic hydroxyl groups is 1. The predicted molar refractivity (Wildman–Crippen MR) is 386 cm³/mol. The summed E-state index contributed by atoms with van der Waals surface area (Å²) in [6.45, 7) is 11.8. The molecule has 0 spiro atoms. The van der Waals surface area contributed by atoms with E-state index in [9.17, 15) is 43.2 Å². The summed E-state index contributed by atoms with van der Waals surface area (Å²) in [7, 11) is -9.91. The van der Waals surface area contributed by atoms with E-state index in [1.807, 2.05) is 0 Å². The van der Waals surface area contributed by atoms with Crippen LogP contribution in [0, 0.1) is 17.8 Å². The first-order valence-corrected chi connectivity index (χ1v) is 42.3. The second-order valence-electron chi connectivity index (χ2n) is 28.8. The average molecular weight is 1400 g/mol. The van der Waals surface area contributed by atoms with E-state index >= 15 is 0 Å². The van der Waals surface area contributed by atoms with Crippen molar-refractivity contribution in [3.05, 3.63) is 0 Å². The zero-order valence-electron chi connectivity index (χ0n) is 62.1. The van der Waals surface area contributed by atoms with Gasteiger partial charge in [-0.3, -0.25) is 37.3 Å². The van der Waals surface area contributed by atoms with Gasteiger partial charge in [-0.1, -0.05) is 337 Å². The molecule has 0 aliphatic carbocycles. The number of ether oxygens (including phenoxy) is 4. The van der Waals surface area contributed by atoms with Gasteiger partial charge in [0.15, 0.2) is 12.2 Å². The van der Waals surface area contributed by atoms with Crippen LogP contribution in [0.15, 0.2) is 0 Å². The Morgan fingerprint density at radius 1 is 0.284 bits per heavy atom. The minimum absolute atomic E-state index is 0.104. The van der Waals surface area contributed by atoms with Crippen LogP contribution in [0.2, 0.25) is 0 Å². The van der Waals surface area contributed by atoms with E-state index < -0.39 is 97.5 Å². The third-order valence-corrected chi connectivity index (χ3v) is 19.5. The Kier molecular flexibility index (Phi) is 65.2. The first kappa shape index (κ1) is 93.1. The standard InChI is InChI=1S/C76H148O17P2/c1-8-9-10-11-12-13-14-15-16-17-18-19-20-21-22-23-24-27-38-45-52-59-75(80)92-71(63-86-73(78)57-50-43-36-28-25-26-33-40-47-54-67(2)3)65-90-94(82,83)88-61-70(77)62-89-95(84,85)91-66-72(93-76(81)60-53-46-39-32-30-35-42-49-56-69(6)7)64-87-74(79)58-51-44-37-31-29-34-41-48-55-68(4)5/h67-72,77H,8-66H2,1-7H3,(H,82,83)(H,84,85)/t70-,71-,72-/m1/s1. The Bertz CT molecular complexity index is 1850. The van der Waals surface area contributed by atoms with Crippen molar-refractivity contribution in [2.75, 3.05) is 39.6 Å². The number of hydrogen-bond donors (Lipinski definition) is 3. The van der Waals surface area contributed by atoms with Gasteiger partial charge >= 0.3 is 39.5 Å². The van der Waals surface area contributed by atoms with E-state index in [0.717, 1.165) is 108 Å². The van der Waals surface area contributed by atoms with E-state index in [2.05, 4.69) is 48.5 Å². The number of rotatable bonds is 74. The normalized spacial score (nSPS) is 14.1. The Labute approximate surface area is 581 Å². The smallest absolute Gasteiger partial charge is 0.462 e. The minimum Gasteiger partial charge on any atom is -0.462 e. The molecule has 0 heterocycles. The predicted octanol–water partition coefficient (Wildman–Crippen LogP) is 22.2. The summed E-state index contributed by atoms with van der Waals surface area (Å²) in [5, 5.41) is 10.6. The molecule has 0 fully saturated rings. The van der Waals surface area contributed by atoms with Crippen LogP contribution in [0.5, 0.6) is 0 Å². The first-order valence-electron chi connectivity index (χ1n) is 39.3. The van der Waals surface area contributed by atoms with Gasteiger partial charge in [0.25, 0.3) is 0 Å². The summed E-state index contributed by atoms with van der Waals surface area (Å²) < 4.78 is 68.5. The summed E-state index contributed by atoms with van der Waals surface area (Å²) in [5.41, 5.74) is 0. The lowest BCUT2D eigenvalue weighted by molar-refractivity contribution is -0.161. The molecule has 0 saturated carbocycles. The van der Waals surface area contributed by atoms with Gasteiger partial charge < -0.3 is 33.8 Å². The van der Waals surface area contributed by atoms with E-state index in [1.165, 1.54) is 199 Å². The highest BCUT2D eigenvalue weighted by Crippen LogP contribution is 2.45. The molecular formula is C76H148O17P2. The van der Waals surface area contributed by atoms with E-state index in [4.69, 9.17) is 37.0 Å². The lowest BCUT2D eigenvalue weighted by Gasteiger charge is -2.21. The van der Waals surface area contributed by atoms with Crippen LogP contribution in [-0.4, -0.2) is 96.7 Å². The fourth-order valence-electron chi connectivity index (χ4n) is 11.6. The lowest BCUT2D eigenvalue weighted by Crippen LogP contribution is -2.30. The van der Waals surface area contributed by atoms with Crippen LogP contribution in [-0.2, 0) is 65.4 Å². The third-order valence-electron chi connectivity index (χ3n) is 17.6. The van der Waals surface area contributed by atoms with Gasteiger partial charge in [0.05, 0.1) is 26.4 Å². The molecule has 0 aromatic rings. The van der Waals surface area contributed by atoms with Gasteiger partial charge in [-0.15, -0.1) is 0 Å². The largest absolute Gasteiger partial charge is 0.472 e. The minimum atomic E-state index is -4.96. The van der Waals surface area contributed by atoms with Crippen molar-refractivity contribution in [2.24, 2.45) is 17.8 Å². The monoisotopic (exact) mass is 1400 g/mol. The van der Waals surface area contributed by atoms with Crippen molar-refractivity contribution in [3.8, 4) is 0 Å². The highest BCUT2D eigenvalue weighted by atomic mass is 31.2. The van der Waals surface area contributed by atoms with Crippen LogP contribution in [0.25, 0.3) is 0 Å². The lowest BCUT2D eigenvalue weighted by atomic mass is 10.0. The fourth-order valence-corrected chi connectivity index (χ4v) is 13.2. The first-order chi connectivity index (χ1) is 45.7. The number of carbonyl (C=O) groups is 4. The SMILES string of the molecule is CCCCCCCCCCCCCCCCCCCCCCCC(=O)O[C@H](COC(=O)CCCCCCCCCCCC(C)C)COP(=O)(O)OC[C@@H](O)COP(=O)(O)OC[C@@H](COC(=O)CCCCCCCCCCC(C)C)OC(=O)CCCCCCCCCCC(C)C. The van der Waals surface area contributed by atoms with Gasteiger partial charge in [0.2, 0.25) is 0 Å². The maximum atomic E-state index is 13.1. The molecule has 2 unspecified atom stereocenters. The molecule has 95 heavy (non-hydrogen) atoms. The summed E-state index contributed by atoms with van der Waals surface area (Å²) >= 11 is 0. The van der Waals surface area contributed by atoms with Crippen LogP contribution >= 0.6 is 15.6 Å². The number of phosphoric ester groups is 2. The van der Waals surface area contributed by atoms with Gasteiger partial charge in [0.1, 0.15) is 19.3 Å². The number of unbranched alkanes of at least 4 members (excludes halogenated alkanes) is 42. The van der Waals surface area contributed by atoms with Crippen molar-refractivity contribution in [2.45, 2.75) is 407 Å². The molecule has 0 rings (SSSR count). The second kappa shape index (κ2) is 66.6. The fraction of sp³-hybridized carbons (Fsp3) is 0.947. The van der Waals surface area contributed by atoms with E-state index in [-0.39, 0.29) is 25.7 Å². The number of phosphoric acid groups is 2. The number of hydrogen-bond acceptors (Lipinski definition) is 15. The molecule has 0 aliphatic heterocycles. The maximum Gasteiger partial charge on any atom is 0.472 e. The number of carbonyl (C=O) groups excluding carboxylic acids is 4. The highest BCUT2D eigenvalue weighted by molar-refractivity contribution is 7.47. The number of esters is 4. The maximum absolute atomic E-state index is 13.1. The van der Waals surface area contributed by atoms with Crippen molar-refractivity contribution in [1.29, 1.82) is 0 Å². The molecule has 5 atom stereocenters. The summed E-state index contributed by atoms with van der Waals surface area (Å²) in [5.74, 6) is 0.0659. The molecule has 19 heteroatoms. The van der Waals surface area contributed by atoms with Crippen LogP contribution in [0.3, 0.4) is 0 Å². The van der Waals surface area contributed by atoms with Crippen molar-refractivity contribution in [1.82, 2.24) is 0 Å². The molecular weight excluding hydrogens is 1250 g/mol. The average Bonchev–Trinajstić information content (AvgIpc) is 1.33. The summed E-state index contributed by atoms with van der Waals surface area (Å²) in [6.07, 6.45) is 53.0. The zero-order chi connectivity index (χ0) is 70.1. The Morgan fingerprint density at radius 3 is 0.716 bits per heavy atom. The molecule has 0 radical (unpaired) electrons. The Balaban J connectivity index is 5.19. The van der Waals surface area contributed by atoms with Crippen LogP contribution < -0.4 is 0 Å². The number of aliphatic hydroxyl groups excluding tert-OH is 1. The Morgan fingerprint density at radius 2 is 0.484 bits per heavy atom. The molecule has 3 N–H and O–H groups in total. The zero-order valence-corrected chi connectivity index (χ0v) is 63.9. The molecule has 564 valence electrons. The van der Waals surface area contributed by atoms with Gasteiger partial charge in [-0.2, -0.15) is 0 Å². The van der Waals surface area contributed by atoms with E-state index in [0.29, 0.717) is 25.7 Å². The molecule has 0 saturated heterocycles. The van der Waals surface area contributed by atoms with Crippen molar-refractivity contribution < 1.29 is 80.2 Å². The molecule has 0 aromatic heterocycles. The topological polar surface area (TPSA) is 237 Å². The highest BCUT2D eigenvalue weighted by Gasteiger charge is 2.30. The van der Waals surface area contributed by atoms with Crippen LogP contribution in [0.1, 0.15) is 389 Å². The third kappa shape index (κ3) is 70.3. The summed E-state index contributed by atoms with van der Waals surface area (Å²) in [6, 6.07) is 0. The molecule has 0 amide bonds. The van der Waals surface area contributed by atoms with Crippen molar-refractivity contribution in [3.63, 3.8) is 0 Å². The van der Waals surface area contributed by atoms with Gasteiger partial charge in [-0.05, 0) is 43.4 Å². The molecule has 17 nitrogen and oxygen atoms in total. The molecule has 0 aliphatic rings. The van der Waals surface area contributed by atoms with Gasteiger partial charge in [0, 0.05) is 25.7 Å². The summed E-state index contributed by atoms with van der Waals surface area (Å²) in [4.78, 5) is 72.7. The Hall–Kier alpha value is -1.94. The van der Waals surface area contributed by atoms with Crippen LogP contribution in [0.4, 0.5) is 0 Å². The van der Waals surface area contributed by atoms with Crippen molar-refractivity contribution >= 4 is 39.5 Å². The molecule has 0 aromatic carbocycles. The second-order valence-corrected chi connectivity index (χ2v) is 31.7. The van der Waals surface area contributed by atoms with Gasteiger partial charge in [-0.25, -0.2) is 9.13 Å². The van der Waals surface area contributed by atoms with E-state index in [1.54, 1.807) is 0 Å².